The summed E-state index contributed by atoms with van der Waals surface area (Å²) < 4.78 is 12.8. The van der Waals surface area contributed by atoms with E-state index in [0.717, 1.165) is 12.0 Å². The summed E-state index contributed by atoms with van der Waals surface area (Å²) in [6.45, 7) is 0.696. The van der Waals surface area contributed by atoms with Gasteiger partial charge in [0.1, 0.15) is 23.0 Å². The van der Waals surface area contributed by atoms with E-state index in [9.17, 15) is 4.39 Å². The number of hydrogen-bond donors (Lipinski definition) is 1. The Bertz CT molecular complexity index is 559. The number of nitrogens with two attached hydrogens (primary N) is 1. The van der Waals surface area contributed by atoms with Crippen LogP contribution in [0.3, 0.4) is 0 Å². The minimum Gasteiger partial charge on any atom is -0.382 e. The van der Waals surface area contributed by atoms with Gasteiger partial charge in [-0.15, -0.1) is 0 Å². The lowest BCUT2D eigenvalue weighted by Crippen LogP contribution is -2.22. The van der Waals surface area contributed by atoms with Crippen molar-refractivity contribution >= 4 is 23.2 Å². The van der Waals surface area contributed by atoms with Crippen LogP contribution in [0.4, 0.5) is 16.0 Å². The van der Waals surface area contributed by atoms with Gasteiger partial charge < -0.3 is 10.6 Å². The molecule has 0 radical (unpaired) electrons. The molecule has 0 spiro atoms. The molecule has 0 amide bonds. The monoisotopic (exact) mass is 280 g/mol. The zero-order valence-electron chi connectivity index (χ0n) is 10.5. The highest BCUT2D eigenvalue weighted by Crippen LogP contribution is 2.25. The molecule has 1 aromatic carbocycles. The summed E-state index contributed by atoms with van der Waals surface area (Å²) in [5, 5.41) is 0.351. The minimum atomic E-state index is -0.233. The van der Waals surface area contributed by atoms with Crippen molar-refractivity contribution in [1.82, 2.24) is 9.97 Å². The number of anilines is 2. The standard InChI is InChI=1S/C13H14ClFN4/c1-19(13-11(14)12(16)17-8-18-13)7-6-9-2-4-10(15)5-3-9/h2-5,8H,6-7H2,1H3,(H2,16,17,18). The first kappa shape index (κ1) is 13.5. The number of aromatic nitrogens is 2. The summed E-state index contributed by atoms with van der Waals surface area (Å²) in [6.07, 6.45) is 2.14. The van der Waals surface area contributed by atoms with Crippen molar-refractivity contribution in [2.45, 2.75) is 6.42 Å². The molecule has 0 bridgehead atoms. The van der Waals surface area contributed by atoms with Gasteiger partial charge in [-0.3, -0.25) is 0 Å². The second kappa shape index (κ2) is 5.84. The van der Waals surface area contributed by atoms with Gasteiger partial charge >= 0.3 is 0 Å². The van der Waals surface area contributed by atoms with E-state index in [4.69, 9.17) is 17.3 Å². The lowest BCUT2D eigenvalue weighted by atomic mass is 10.1. The molecule has 0 atom stereocenters. The molecule has 1 aromatic heterocycles. The Hall–Kier alpha value is -1.88. The number of nitrogen functional groups attached to an aromatic ring is 1. The average molecular weight is 281 g/mol. The van der Waals surface area contributed by atoms with Crippen LogP contribution in [0, 0.1) is 5.82 Å². The Morgan fingerprint density at radius 2 is 1.95 bits per heavy atom. The fourth-order valence-corrected chi connectivity index (χ4v) is 1.94. The Labute approximate surface area is 116 Å². The Morgan fingerprint density at radius 1 is 1.26 bits per heavy atom. The molecule has 19 heavy (non-hydrogen) atoms. The highest BCUT2D eigenvalue weighted by Gasteiger charge is 2.10. The van der Waals surface area contributed by atoms with Crippen molar-refractivity contribution in [3.8, 4) is 0 Å². The number of likely N-dealkylation sites (N-methyl/N-ethyl adjacent to an activating group) is 1. The van der Waals surface area contributed by atoms with Gasteiger partial charge in [0, 0.05) is 13.6 Å². The first-order chi connectivity index (χ1) is 9.08. The third kappa shape index (κ3) is 3.32. The molecule has 0 aliphatic heterocycles. The average Bonchev–Trinajstić information content (AvgIpc) is 2.41. The molecule has 0 aliphatic carbocycles. The van der Waals surface area contributed by atoms with Crippen LogP contribution in [0.5, 0.6) is 0 Å². The van der Waals surface area contributed by atoms with Crippen molar-refractivity contribution in [2.24, 2.45) is 0 Å². The van der Waals surface area contributed by atoms with Gasteiger partial charge in [-0.05, 0) is 24.1 Å². The van der Waals surface area contributed by atoms with Crippen LogP contribution in [0.1, 0.15) is 5.56 Å². The van der Waals surface area contributed by atoms with Crippen molar-refractivity contribution < 1.29 is 4.39 Å². The van der Waals surface area contributed by atoms with Crippen molar-refractivity contribution in [2.75, 3.05) is 24.2 Å². The highest BCUT2D eigenvalue weighted by molar-refractivity contribution is 6.35. The van der Waals surface area contributed by atoms with Crippen LogP contribution in [-0.2, 0) is 6.42 Å². The van der Waals surface area contributed by atoms with Crippen LogP contribution in [-0.4, -0.2) is 23.6 Å². The minimum absolute atomic E-state index is 0.233. The fourth-order valence-electron chi connectivity index (χ4n) is 1.69. The molecule has 0 unspecified atom stereocenters. The zero-order chi connectivity index (χ0) is 13.8. The molecule has 0 saturated heterocycles. The van der Waals surface area contributed by atoms with Crippen LogP contribution in [0.2, 0.25) is 5.02 Å². The van der Waals surface area contributed by atoms with Crippen LogP contribution in [0.15, 0.2) is 30.6 Å². The third-order valence-corrected chi connectivity index (χ3v) is 3.17. The van der Waals surface area contributed by atoms with Gasteiger partial charge in [-0.25, -0.2) is 14.4 Å². The number of benzene rings is 1. The first-order valence-corrected chi connectivity index (χ1v) is 6.17. The predicted octanol–water partition coefficient (Wildman–Crippen LogP) is 2.53. The fraction of sp³-hybridized carbons (Fsp3) is 0.231. The van der Waals surface area contributed by atoms with E-state index >= 15 is 0 Å². The maximum Gasteiger partial charge on any atom is 0.152 e. The second-order valence-electron chi connectivity index (χ2n) is 4.19. The molecular formula is C13H14ClFN4. The number of nitrogens with zero attached hydrogens (tertiary/aromatic N) is 3. The van der Waals surface area contributed by atoms with E-state index in [-0.39, 0.29) is 11.6 Å². The van der Waals surface area contributed by atoms with Gasteiger partial charge in [-0.1, -0.05) is 23.7 Å². The van der Waals surface area contributed by atoms with Gasteiger partial charge in [0.15, 0.2) is 5.82 Å². The second-order valence-corrected chi connectivity index (χ2v) is 4.57. The summed E-state index contributed by atoms with van der Waals surface area (Å²) in [6, 6.07) is 6.42. The summed E-state index contributed by atoms with van der Waals surface area (Å²) >= 11 is 6.05. The topological polar surface area (TPSA) is 55.0 Å². The molecule has 0 fully saturated rings. The number of rotatable bonds is 4. The lowest BCUT2D eigenvalue weighted by Gasteiger charge is -2.19. The Kier molecular flexibility index (Phi) is 4.16. The molecule has 0 aliphatic rings. The predicted molar refractivity (Wildman–Crippen MR) is 74.8 cm³/mol. The first-order valence-electron chi connectivity index (χ1n) is 5.79. The molecule has 1 heterocycles. The molecule has 2 rings (SSSR count). The van der Waals surface area contributed by atoms with Crippen LogP contribution < -0.4 is 10.6 Å². The van der Waals surface area contributed by atoms with Gasteiger partial charge in [-0.2, -0.15) is 0 Å². The molecule has 100 valence electrons. The maximum atomic E-state index is 12.8. The Balaban J connectivity index is 2.03. The van der Waals surface area contributed by atoms with E-state index < -0.39 is 0 Å². The van der Waals surface area contributed by atoms with E-state index in [1.165, 1.54) is 18.5 Å². The summed E-state index contributed by atoms with van der Waals surface area (Å²) in [5.41, 5.74) is 6.68. The molecule has 2 aromatic rings. The molecular weight excluding hydrogens is 267 g/mol. The summed E-state index contributed by atoms with van der Waals surface area (Å²) in [7, 11) is 1.87. The largest absolute Gasteiger partial charge is 0.382 e. The zero-order valence-corrected chi connectivity index (χ0v) is 11.2. The van der Waals surface area contributed by atoms with E-state index in [1.54, 1.807) is 12.1 Å². The number of halogens is 2. The summed E-state index contributed by atoms with van der Waals surface area (Å²) in [5.74, 6) is 0.625. The smallest absolute Gasteiger partial charge is 0.152 e. The van der Waals surface area contributed by atoms with Crippen molar-refractivity contribution in [3.05, 3.63) is 47.0 Å². The Morgan fingerprint density at radius 3 is 2.63 bits per heavy atom. The van der Waals surface area contributed by atoms with Gasteiger partial charge in [0.25, 0.3) is 0 Å². The normalized spacial score (nSPS) is 10.5. The maximum absolute atomic E-state index is 12.8. The highest BCUT2D eigenvalue weighted by atomic mass is 35.5. The lowest BCUT2D eigenvalue weighted by molar-refractivity contribution is 0.627. The molecule has 4 nitrogen and oxygen atoms in total. The quantitative estimate of drug-likeness (QED) is 0.935. The number of hydrogen-bond acceptors (Lipinski definition) is 4. The van der Waals surface area contributed by atoms with Crippen LogP contribution in [0.25, 0.3) is 0 Å². The molecule has 6 heteroatoms. The van der Waals surface area contributed by atoms with E-state index in [2.05, 4.69) is 9.97 Å². The van der Waals surface area contributed by atoms with Gasteiger partial charge in [0.2, 0.25) is 0 Å². The molecule has 0 saturated carbocycles. The van der Waals surface area contributed by atoms with E-state index in [0.29, 0.717) is 17.4 Å². The van der Waals surface area contributed by atoms with Crippen molar-refractivity contribution in [1.29, 1.82) is 0 Å². The molecule has 2 N–H and O–H groups in total. The van der Waals surface area contributed by atoms with E-state index in [1.807, 2.05) is 11.9 Å². The van der Waals surface area contributed by atoms with Gasteiger partial charge in [0.05, 0.1) is 0 Å². The summed E-state index contributed by atoms with van der Waals surface area (Å²) in [4.78, 5) is 9.82. The van der Waals surface area contributed by atoms with Crippen LogP contribution >= 0.6 is 11.6 Å². The van der Waals surface area contributed by atoms with Crippen molar-refractivity contribution in [3.63, 3.8) is 0 Å². The SMILES string of the molecule is CN(CCc1ccc(F)cc1)c1ncnc(N)c1Cl. The third-order valence-electron chi connectivity index (χ3n) is 2.81.